The standard InChI is InChI=1S/C18H10Cl2N2O2/c19-14-6-3-7-15(20)17(14)24-18(23)16(22-21)13-9-8-11-4-1-2-5-12(11)10-13/h1-10H. The Morgan fingerprint density at radius 1 is 0.917 bits per heavy atom. The van der Waals surface area contributed by atoms with E-state index in [-0.39, 0.29) is 21.5 Å². The van der Waals surface area contributed by atoms with Gasteiger partial charge in [-0.2, -0.15) is 4.79 Å². The van der Waals surface area contributed by atoms with Crippen LogP contribution >= 0.6 is 23.2 Å². The normalized spacial score (nSPS) is 10.2. The van der Waals surface area contributed by atoms with Crippen LogP contribution in [0.5, 0.6) is 5.75 Å². The Labute approximate surface area is 147 Å². The lowest BCUT2D eigenvalue weighted by Crippen LogP contribution is -2.22. The number of hydrogen-bond donors (Lipinski definition) is 0. The summed E-state index contributed by atoms with van der Waals surface area (Å²) in [7, 11) is 0. The number of esters is 1. The molecule has 0 heterocycles. The Balaban J connectivity index is 1.96. The summed E-state index contributed by atoms with van der Waals surface area (Å²) < 4.78 is 5.20. The number of fused-ring (bicyclic) bond motifs is 1. The van der Waals surface area contributed by atoms with E-state index in [4.69, 9.17) is 27.9 Å². The van der Waals surface area contributed by atoms with Crippen molar-refractivity contribution in [3.05, 3.63) is 81.8 Å². The number of rotatable bonds is 3. The third kappa shape index (κ3) is 3.17. The Morgan fingerprint density at radius 2 is 1.58 bits per heavy atom. The molecule has 24 heavy (non-hydrogen) atoms. The first kappa shape index (κ1) is 16.2. The molecule has 0 fully saturated rings. The van der Waals surface area contributed by atoms with Gasteiger partial charge in [0.15, 0.2) is 5.75 Å². The molecule has 0 aliphatic rings. The van der Waals surface area contributed by atoms with Crippen molar-refractivity contribution < 1.29 is 14.3 Å². The fourth-order valence-electron chi connectivity index (χ4n) is 2.27. The molecule has 0 amide bonds. The fraction of sp³-hybridized carbons (Fsp3) is 0. The molecule has 3 aromatic rings. The summed E-state index contributed by atoms with van der Waals surface area (Å²) in [4.78, 5) is 15.4. The SMILES string of the molecule is [N-]=[N+]=C(C(=O)Oc1c(Cl)cccc1Cl)c1ccc2ccccc2c1. The van der Waals surface area contributed by atoms with Crippen molar-refractivity contribution in [3.63, 3.8) is 0 Å². The highest BCUT2D eigenvalue weighted by Gasteiger charge is 2.27. The third-order valence-electron chi connectivity index (χ3n) is 3.43. The number of carbonyl (C=O) groups excluding carboxylic acids is 1. The second-order valence-corrected chi connectivity index (χ2v) is 5.77. The lowest BCUT2D eigenvalue weighted by molar-refractivity contribution is -0.131. The van der Waals surface area contributed by atoms with E-state index in [2.05, 4.69) is 4.79 Å². The number of benzene rings is 3. The van der Waals surface area contributed by atoms with Crippen LogP contribution in [-0.2, 0) is 4.79 Å². The van der Waals surface area contributed by atoms with Gasteiger partial charge in [-0.1, -0.05) is 59.6 Å². The van der Waals surface area contributed by atoms with Gasteiger partial charge in [-0.15, -0.1) is 0 Å². The predicted molar refractivity (Wildman–Crippen MR) is 93.8 cm³/mol. The Hall–Kier alpha value is -2.65. The maximum Gasteiger partial charge on any atom is 0.427 e. The van der Waals surface area contributed by atoms with Crippen LogP contribution in [-0.4, -0.2) is 16.5 Å². The topological polar surface area (TPSA) is 62.7 Å². The van der Waals surface area contributed by atoms with E-state index in [9.17, 15) is 10.3 Å². The lowest BCUT2D eigenvalue weighted by atomic mass is 10.0. The first-order valence-corrected chi connectivity index (χ1v) is 7.73. The fourth-order valence-corrected chi connectivity index (χ4v) is 2.75. The minimum Gasteiger partial charge on any atom is -0.414 e. The van der Waals surface area contributed by atoms with E-state index >= 15 is 0 Å². The van der Waals surface area contributed by atoms with Gasteiger partial charge < -0.3 is 10.3 Å². The van der Waals surface area contributed by atoms with Crippen LogP contribution in [0.25, 0.3) is 16.3 Å². The Kier molecular flexibility index (Phi) is 4.63. The maximum atomic E-state index is 12.4. The van der Waals surface area contributed by atoms with Gasteiger partial charge in [-0.05, 0) is 35.0 Å². The van der Waals surface area contributed by atoms with E-state index in [1.165, 1.54) is 0 Å². The number of para-hydroxylation sites is 1. The van der Waals surface area contributed by atoms with Crippen molar-refractivity contribution in [1.82, 2.24) is 0 Å². The molecule has 4 nitrogen and oxygen atoms in total. The van der Waals surface area contributed by atoms with Crippen molar-refractivity contribution >= 4 is 45.7 Å². The van der Waals surface area contributed by atoms with Crippen molar-refractivity contribution in [1.29, 1.82) is 0 Å². The number of halogens is 2. The van der Waals surface area contributed by atoms with Crippen LogP contribution in [0.15, 0.2) is 60.7 Å². The van der Waals surface area contributed by atoms with E-state index in [0.29, 0.717) is 5.56 Å². The summed E-state index contributed by atoms with van der Waals surface area (Å²) in [6, 6.07) is 17.6. The van der Waals surface area contributed by atoms with E-state index < -0.39 is 5.97 Å². The van der Waals surface area contributed by atoms with Crippen molar-refractivity contribution in [3.8, 4) is 5.75 Å². The molecule has 0 radical (unpaired) electrons. The summed E-state index contributed by atoms with van der Waals surface area (Å²) in [5.74, 6) is -0.837. The molecule has 118 valence electrons. The minimum atomic E-state index is -0.859. The van der Waals surface area contributed by atoms with E-state index in [1.54, 1.807) is 30.3 Å². The lowest BCUT2D eigenvalue weighted by Gasteiger charge is -2.06. The van der Waals surface area contributed by atoms with E-state index in [0.717, 1.165) is 10.8 Å². The molecule has 0 aromatic heterocycles. The van der Waals surface area contributed by atoms with E-state index in [1.807, 2.05) is 30.3 Å². The van der Waals surface area contributed by atoms with Gasteiger partial charge in [-0.3, -0.25) is 0 Å². The van der Waals surface area contributed by atoms with Crippen LogP contribution < -0.4 is 4.74 Å². The molecule has 0 saturated heterocycles. The second kappa shape index (κ2) is 6.85. The highest BCUT2D eigenvalue weighted by atomic mass is 35.5. The molecule has 3 aromatic carbocycles. The van der Waals surface area contributed by atoms with Crippen molar-refractivity contribution in [2.24, 2.45) is 0 Å². The summed E-state index contributed by atoms with van der Waals surface area (Å²) in [6.45, 7) is 0. The zero-order valence-corrected chi connectivity index (χ0v) is 13.8. The summed E-state index contributed by atoms with van der Waals surface area (Å²) in [5, 5.41) is 2.28. The highest BCUT2D eigenvalue weighted by Crippen LogP contribution is 2.32. The molecule has 0 bridgehead atoms. The molecule has 0 atom stereocenters. The van der Waals surface area contributed by atoms with Gasteiger partial charge in [0.1, 0.15) is 0 Å². The van der Waals surface area contributed by atoms with Crippen LogP contribution in [0.4, 0.5) is 0 Å². The van der Waals surface area contributed by atoms with Crippen LogP contribution in [0.3, 0.4) is 0 Å². The summed E-state index contributed by atoms with van der Waals surface area (Å²) >= 11 is 12.0. The van der Waals surface area contributed by atoms with Gasteiger partial charge >= 0.3 is 11.7 Å². The highest BCUT2D eigenvalue weighted by molar-refractivity contribution is 6.43. The summed E-state index contributed by atoms with van der Waals surface area (Å²) in [6.07, 6.45) is 0. The monoisotopic (exact) mass is 356 g/mol. The first-order valence-electron chi connectivity index (χ1n) is 6.97. The summed E-state index contributed by atoms with van der Waals surface area (Å²) in [5.41, 5.74) is 9.44. The minimum absolute atomic E-state index is 0.0211. The average molecular weight is 357 g/mol. The maximum absolute atomic E-state index is 12.4. The van der Waals surface area contributed by atoms with Gasteiger partial charge in [-0.25, -0.2) is 4.79 Å². The van der Waals surface area contributed by atoms with Crippen LogP contribution in [0.2, 0.25) is 10.0 Å². The number of carbonyl (C=O) groups is 1. The largest absolute Gasteiger partial charge is 0.427 e. The third-order valence-corrected chi connectivity index (χ3v) is 4.03. The molecule has 0 unspecified atom stereocenters. The van der Waals surface area contributed by atoms with Gasteiger partial charge in [0.25, 0.3) is 0 Å². The smallest absolute Gasteiger partial charge is 0.414 e. The quantitative estimate of drug-likeness (QED) is 0.223. The van der Waals surface area contributed by atoms with Crippen LogP contribution in [0.1, 0.15) is 5.56 Å². The van der Waals surface area contributed by atoms with Crippen LogP contribution in [0, 0.1) is 0 Å². The first-order chi connectivity index (χ1) is 11.6. The predicted octanol–water partition coefficient (Wildman–Crippen LogP) is 4.77. The molecule has 3 rings (SSSR count). The number of ether oxygens (including phenoxy) is 1. The molecule has 0 spiro atoms. The average Bonchev–Trinajstić information content (AvgIpc) is 2.59. The molecule has 0 aliphatic carbocycles. The molecule has 0 N–H and O–H groups in total. The van der Waals surface area contributed by atoms with Gasteiger partial charge in [0, 0.05) is 0 Å². The van der Waals surface area contributed by atoms with Crippen molar-refractivity contribution in [2.45, 2.75) is 0 Å². The van der Waals surface area contributed by atoms with Gasteiger partial charge in [0.05, 0.1) is 15.6 Å². The molecule has 0 aliphatic heterocycles. The zero-order chi connectivity index (χ0) is 17.1. The zero-order valence-electron chi connectivity index (χ0n) is 12.2. The Bertz CT molecular complexity index is 975. The Morgan fingerprint density at radius 3 is 2.25 bits per heavy atom. The molecular weight excluding hydrogens is 347 g/mol. The van der Waals surface area contributed by atoms with Crippen molar-refractivity contribution in [2.75, 3.05) is 0 Å². The number of nitrogens with zero attached hydrogens (tertiary/aromatic N) is 2. The number of hydrogen-bond acceptors (Lipinski definition) is 2. The molecular formula is C18H10Cl2N2O2. The second-order valence-electron chi connectivity index (χ2n) is 4.95. The molecule has 6 heteroatoms. The molecule has 0 saturated carbocycles. The van der Waals surface area contributed by atoms with Gasteiger partial charge in [0.2, 0.25) is 0 Å².